The van der Waals surface area contributed by atoms with Crippen molar-refractivity contribution < 1.29 is 9.59 Å². The lowest BCUT2D eigenvalue weighted by atomic mass is 10.0. The maximum absolute atomic E-state index is 13.2. The molecule has 0 saturated carbocycles. The third kappa shape index (κ3) is 6.22. The van der Waals surface area contributed by atoms with Crippen LogP contribution < -0.4 is 10.2 Å². The van der Waals surface area contributed by atoms with E-state index in [1.54, 1.807) is 0 Å². The molecular weight excluding hydrogens is 362 g/mol. The number of amides is 2. The van der Waals surface area contributed by atoms with Crippen LogP contribution in [0.15, 0.2) is 18.2 Å². The first kappa shape index (κ1) is 21.7. The van der Waals surface area contributed by atoms with Gasteiger partial charge in [-0.05, 0) is 56.7 Å². The third-order valence-corrected chi connectivity index (χ3v) is 6.11. The van der Waals surface area contributed by atoms with E-state index in [-0.39, 0.29) is 11.8 Å². The van der Waals surface area contributed by atoms with Gasteiger partial charge in [-0.1, -0.05) is 32.6 Å². The van der Waals surface area contributed by atoms with Crippen LogP contribution >= 0.6 is 0 Å². The van der Waals surface area contributed by atoms with Gasteiger partial charge in [0.2, 0.25) is 5.91 Å². The highest BCUT2D eigenvalue weighted by atomic mass is 16.2. The van der Waals surface area contributed by atoms with Crippen LogP contribution in [-0.2, 0) is 4.79 Å². The van der Waals surface area contributed by atoms with Crippen LogP contribution in [0.5, 0.6) is 0 Å². The Morgan fingerprint density at radius 1 is 0.897 bits per heavy atom. The topological polar surface area (TPSA) is 52.7 Å². The number of unbranched alkanes of at least 4 members (excludes halogenated alkanes) is 4. The molecule has 5 nitrogen and oxygen atoms in total. The molecule has 0 aromatic heterocycles. The molecule has 1 N–H and O–H groups in total. The van der Waals surface area contributed by atoms with Crippen molar-refractivity contribution >= 4 is 23.2 Å². The quantitative estimate of drug-likeness (QED) is 0.580. The first-order valence-corrected chi connectivity index (χ1v) is 11.7. The van der Waals surface area contributed by atoms with Crippen molar-refractivity contribution in [2.24, 2.45) is 0 Å². The zero-order valence-electron chi connectivity index (χ0n) is 18.0. The van der Waals surface area contributed by atoms with Crippen molar-refractivity contribution in [1.82, 2.24) is 4.90 Å². The second-order valence-corrected chi connectivity index (χ2v) is 8.49. The van der Waals surface area contributed by atoms with Crippen LogP contribution in [0.3, 0.4) is 0 Å². The van der Waals surface area contributed by atoms with Crippen LogP contribution in [0.25, 0.3) is 0 Å². The number of benzene rings is 1. The fourth-order valence-corrected chi connectivity index (χ4v) is 4.40. The van der Waals surface area contributed by atoms with Gasteiger partial charge in [-0.15, -0.1) is 0 Å². The normalized spacial score (nSPS) is 16.9. The minimum Gasteiger partial charge on any atom is -0.371 e. The van der Waals surface area contributed by atoms with E-state index in [0.29, 0.717) is 6.42 Å². The number of carbonyl (C=O) groups excluding carboxylic acids is 2. The molecule has 5 heteroatoms. The van der Waals surface area contributed by atoms with Crippen molar-refractivity contribution in [1.29, 1.82) is 0 Å². The molecule has 2 amide bonds. The molecular formula is C24H37N3O2. The highest BCUT2D eigenvalue weighted by molar-refractivity contribution is 6.02. The second-order valence-electron chi connectivity index (χ2n) is 8.49. The molecule has 3 rings (SSSR count). The van der Waals surface area contributed by atoms with Crippen LogP contribution in [-0.4, -0.2) is 42.9 Å². The van der Waals surface area contributed by atoms with Crippen molar-refractivity contribution in [3.05, 3.63) is 23.8 Å². The Morgan fingerprint density at radius 2 is 1.59 bits per heavy atom. The van der Waals surface area contributed by atoms with E-state index in [1.165, 1.54) is 38.5 Å². The molecule has 2 fully saturated rings. The Labute approximate surface area is 175 Å². The Morgan fingerprint density at radius 3 is 2.31 bits per heavy atom. The fraction of sp³-hybridized carbons (Fsp3) is 0.667. The molecule has 160 valence electrons. The molecule has 2 aliphatic heterocycles. The molecule has 1 aromatic carbocycles. The Balaban J connectivity index is 1.69. The molecule has 2 heterocycles. The summed E-state index contributed by atoms with van der Waals surface area (Å²) in [4.78, 5) is 29.9. The predicted octanol–water partition coefficient (Wildman–Crippen LogP) is 5.21. The number of hydrogen-bond donors (Lipinski definition) is 1. The number of carbonyl (C=O) groups is 2. The van der Waals surface area contributed by atoms with E-state index in [0.717, 1.165) is 68.8 Å². The first-order valence-electron chi connectivity index (χ1n) is 11.7. The zero-order chi connectivity index (χ0) is 20.5. The summed E-state index contributed by atoms with van der Waals surface area (Å²) < 4.78 is 0. The summed E-state index contributed by atoms with van der Waals surface area (Å²) in [6, 6.07) is 5.89. The van der Waals surface area contributed by atoms with Gasteiger partial charge in [0.15, 0.2) is 0 Å². The molecule has 0 bridgehead atoms. The summed E-state index contributed by atoms with van der Waals surface area (Å²) in [6.45, 7) is 5.88. The lowest BCUT2D eigenvalue weighted by molar-refractivity contribution is -0.116. The van der Waals surface area contributed by atoms with Crippen LogP contribution in [0.1, 0.15) is 87.9 Å². The van der Waals surface area contributed by atoms with Gasteiger partial charge in [-0.25, -0.2) is 0 Å². The average molecular weight is 400 g/mol. The van der Waals surface area contributed by atoms with Gasteiger partial charge in [0.25, 0.3) is 5.91 Å². The van der Waals surface area contributed by atoms with Gasteiger partial charge in [-0.2, -0.15) is 0 Å². The molecule has 2 saturated heterocycles. The first-order chi connectivity index (χ1) is 14.2. The minimum atomic E-state index is 0.0480. The molecule has 2 aliphatic rings. The van der Waals surface area contributed by atoms with Crippen LogP contribution in [0, 0.1) is 0 Å². The van der Waals surface area contributed by atoms with Crippen molar-refractivity contribution in [3.63, 3.8) is 0 Å². The Bertz CT molecular complexity index is 677. The molecule has 29 heavy (non-hydrogen) atoms. The molecule has 0 atom stereocenters. The summed E-state index contributed by atoms with van der Waals surface area (Å²) in [6.07, 6.45) is 12.0. The third-order valence-electron chi connectivity index (χ3n) is 6.11. The van der Waals surface area contributed by atoms with Crippen molar-refractivity contribution in [3.8, 4) is 0 Å². The van der Waals surface area contributed by atoms with Crippen molar-refractivity contribution in [2.75, 3.05) is 36.4 Å². The number of piperidine rings is 1. The summed E-state index contributed by atoms with van der Waals surface area (Å²) in [7, 11) is 0. The lowest BCUT2D eigenvalue weighted by Crippen LogP contribution is -2.34. The van der Waals surface area contributed by atoms with E-state index in [9.17, 15) is 9.59 Å². The van der Waals surface area contributed by atoms with Crippen molar-refractivity contribution in [2.45, 2.75) is 77.6 Å². The Kier molecular flexibility index (Phi) is 8.38. The van der Waals surface area contributed by atoms with E-state index in [4.69, 9.17) is 0 Å². The van der Waals surface area contributed by atoms with E-state index in [2.05, 4.69) is 17.1 Å². The monoisotopic (exact) mass is 399 g/mol. The maximum atomic E-state index is 13.2. The summed E-state index contributed by atoms with van der Waals surface area (Å²) >= 11 is 0. The summed E-state index contributed by atoms with van der Waals surface area (Å²) in [5.74, 6) is 0.158. The maximum Gasteiger partial charge on any atom is 0.256 e. The van der Waals surface area contributed by atoms with Crippen LogP contribution in [0.4, 0.5) is 11.4 Å². The molecule has 0 spiro atoms. The zero-order valence-corrected chi connectivity index (χ0v) is 18.0. The Hall–Kier alpha value is -2.04. The summed E-state index contributed by atoms with van der Waals surface area (Å²) in [5.41, 5.74) is 2.51. The van der Waals surface area contributed by atoms with E-state index >= 15 is 0 Å². The molecule has 0 unspecified atom stereocenters. The van der Waals surface area contributed by atoms with E-state index < -0.39 is 0 Å². The largest absolute Gasteiger partial charge is 0.371 e. The molecule has 0 radical (unpaired) electrons. The molecule has 0 aliphatic carbocycles. The van der Waals surface area contributed by atoms with Gasteiger partial charge in [0, 0.05) is 44.0 Å². The number of anilines is 2. The number of hydrogen-bond acceptors (Lipinski definition) is 3. The second kappa shape index (κ2) is 11.2. The summed E-state index contributed by atoms with van der Waals surface area (Å²) in [5, 5.41) is 3.02. The number of nitrogens with one attached hydrogen (secondary N) is 1. The highest BCUT2D eigenvalue weighted by Crippen LogP contribution is 2.29. The van der Waals surface area contributed by atoms with Gasteiger partial charge < -0.3 is 15.1 Å². The number of likely N-dealkylation sites (tertiary alicyclic amines) is 1. The van der Waals surface area contributed by atoms with Gasteiger partial charge >= 0.3 is 0 Å². The van der Waals surface area contributed by atoms with Crippen LogP contribution in [0.2, 0.25) is 0 Å². The standard InChI is InChI=1S/C24H37N3O2/c1-2-3-4-5-7-12-23(28)25-20-13-14-22(26-15-8-6-9-16-26)21(19-20)24(29)27-17-10-11-18-27/h13-14,19H,2-12,15-18H2,1H3,(H,25,28). The highest BCUT2D eigenvalue weighted by Gasteiger charge is 2.25. The molecule has 1 aromatic rings. The lowest BCUT2D eigenvalue weighted by Gasteiger charge is -2.31. The van der Waals surface area contributed by atoms with Gasteiger partial charge in [0.05, 0.1) is 5.56 Å². The van der Waals surface area contributed by atoms with Gasteiger partial charge in [0.1, 0.15) is 0 Å². The SMILES string of the molecule is CCCCCCCC(=O)Nc1ccc(N2CCCCC2)c(C(=O)N2CCCC2)c1. The smallest absolute Gasteiger partial charge is 0.256 e. The average Bonchev–Trinajstić information content (AvgIpc) is 3.28. The minimum absolute atomic E-state index is 0.0480. The number of nitrogens with zero attached hydrogens (tertiary/aromatic N) is 2. The van der Waals surface area contributed by atoms with Gasteiger partial charge in [-0.3, -0.25) is 9.59 Å². The fourth-order valence-electron chi connectivity index (χ4n) is 4.40. The predicted molar refractivity (Wildman–Crippen MR) is 120 cm³/mol. The number of rotatable bonds is 9. The van der Waals surface area contributed by atoms with E-state index in [1.807, 2.05) is 23.1 Å².